The van der Waals surface area contributed by atoms with Crippen LogP contribution in [0.15, 0.2) is 0 Å². The summed E-state index contributed by atoms with van der Waals surface area (Å²) < 4.78 is 0. The van der Waals surface area contributed by atoms with Crippen LogP contribution in [-0.2, 0) is 0 Å². The molecule has 0 aromatic heterocycles. The van der Waals surface area contributed by atoms with E-state index in [2.05, 4.69) is 24.8 Å². The first-order valence-electron chi connectivity index (χ1n) is 5.41. The van der Waals surface area contributed by atoms with Gasteiger partial charge in [-0.05, 0) is 37.8 Å². The van der Waals surface area contributed by atoms with Gasteiger partial charge in [0.1, 0.15) is 0 Å². The van der Waals surface area contributed by atoms with Gasteiger partial charge >= 0.3 is 0 Å². The zero-order chi connectivity index (χ0) is 10.6. The summed E-state index contributed by atoms with van der Waals surface area (Å²) >= 11 is 0. The van der Waals surface area contributed by atoms with Crippen molar-refractivity contribution in [1.82, 2.24) is 4.90 Å². The molecule has 3 heteroatoms. The molecule has 1 heterocycles. The highest BCUT2D eigenvalue weighted by atomic mass is 15.1. The van der Waals surface area contributed by atoms with Crippen molar-refractivity contribution in [3.63, 3.8) is 0 Å². The Balaban J connectivity index is 2.20. The van der Waals surface area contributed by atoms with Crippen LogP contribution >= 0.6 is 0 Å². The molecule has 2 N–H and O–H groups in total. The Morgan fingerprint density at radius 3 is 2.50 bits per heavy atom. The van der Waals surface area contributed by atoms with Crippen LogP contribution in [0.25, 0.3) is 0 Å². The van der Waals surface area contributed by atoms with Crippen LogP contribution in [0.2, 0.25) is 0 Å². The van der Waals surface area contributed by atoms with E-state index in [0.717, 1.165) is 26.1 Å². The van der Waals surface area contributed by atoms with Crippen molar-refractivity contribution < 1.29 is 0 Å². The molecule has 0 radical (unpaired) electrons. The Hall–Kier alpha value is -0.590. The molecule has 0 bridgehead atoms. The topological polar surface area (TPSA) is 53.0 Å². The van der Waals surface area contributed by atoms with Gasteiger partial charge in [0.25, 0.3) is 0 Å². The number of likely N-dealkylation sites (tertiary alicyclic amines) is 1. The molecule has 0 amide bonds. The fraction of sp³-hybridized carbons (Fsp3) is 0.909. The summed E-state index contributed by atoms with van der Waals surface area (Å²) in [4.78, 5) is 2.42. The van der Waals surface area contributed by atoms with E-state index >= 15 is 0 Å². The first kappa shape index (κ1) is 11.5. The smallest absolute Gasteiger partial charge is 0.0940 e. The SMILES string of the molecule is CC1(C)CCN(CCC(N)C#N)CC1. The summed E-state index contributed by atoms with van der Waals surface area (Å²) in [5.74, 6) is 0. The molecule has 0 saturated carbocycles. The van der Waals surface area contributed by atoms with Crippen LogP contribution in [0.4, 0.5) is 0 Å². The third-order valence-electron chi connectivity index (χ3n) is 3.13. The minimum Gasteiger partial charge on any atom is -0.316 e. The summed E-state index contributed by atoms with van der Waals surface area (Å²) in [6.07, 6.45) is 3.32. The van der Waals surface area contributed by atoms with Crippen molar-refractivity contribution in [1.29, 1.82) is 5.26 Å². The Bertz CT molecular complexity index is 207. The zero-order valence-electron chi connectivity index (χ0n) is 9.29. The molecule has 14 heavy (non-hydrogen) atoms. The largest absolute Gasteiger partial charge is 0.316 e. The molecule has 1 saturated heterocycles. The molecule has 1 unspecified atom stereocenters. The lowest BCUT2D eigenvalue weighted by molar-refractivity contribution is 0.131. The van der Waals surface area contributed by atoms with E-state index in [-0.39, 0.29) is 6.04 Å². The predicted octanol–water partition coefficient (Wildman–Crippen LogP) is 1.35. The highest BCUT2D eigenvalue weighted by Gasteiger charge is 2.24. The van der Waals surface area contributed by atoms with E-state index in [4.69, 9.17) is 11.0 Å². The molecule has 1 fully saturated rings. The molecule has 0 aromatic rings. The zero-order valence-corrected chi connectivity index (χ0v) is 9.29. The van der Waals surface area contributed by atoms with Crippen LogP contribution in [0.5, 0.6) is 0 Å². The summed E-state index contributed by atoms with van der Waals surface area (Å²) in [7, 11) is 0. The summed E-state index contributed by atoms with van der Waals surface area (Å²) in [5, 5.41) is 8.55. The number of piperidine rings is 1. The van der Waals surface area contributed by atoms with E-state index in [0.29, 0.717) is 5.41 Å². The maximum absolute atomic E-state index is 8.55. The number of nitriles is 1. The fourth-order valence-electron chi connectivity index (χ4n) is 1.77. The lowest BCUT2D eigenvalue weighted by Gasteiger charge is -2.37. The third kappa shape index (κ3) is 3.65. The lowest BCUT2D eigenvalue weighted by atomic mass is 9.82. The van der Waals surface area contributed by atoms with Gasteiger partial charge < -0.3 is 10.6 Å². The van der Waals surface area contributed by atoms with E-state index in [1.54, 1.807) is 0 Å². The second-order valence-electron chi connectivity index (χ2n) is 5.03. The molecule has 3 nitrogen and oxygen atoms in total. The molecule has 0 aliphatic carbocycles. The first-order valence-corrected chi connectivity index (χ1v) is 5.41. The Morgan fingerprint density at radius 2 is 2.00 bits per heavy atom. The first-order chi connectivity index (χ1) is 6.53. The molecule has 1 aliphatic rings. The van der Waals surface area contributed by atoms with Crippen molar-refractivity contribution in [3.8, 4) is 6.07 Å². The van der Waals surface area contributed by atoms with E-state index < -0.39 is 0 Å². The van der Waals surface area contributed by atoms with Crippen molar-refractivity contribution in [2.24, 2.45) is 11.1 Å². The maximum atomic E-state index is 8.55. The van der Waals surface area contributed by atoms with Crippen LogP contribution < -0.4 is 5.73 Å². The number of nitrogens with two attached hydrogens (primary N) is 1. The van der Waals surface area contributed by atoms with Gasteiger partial charge in [0, 0.05) is 6.54 Å². The fourth-order valence-corrected chi connectivity index (χ4v) is 1.77. The van der Waals surface area contributed by atoms with Gasteiger partial charge in [0.15, 0.2) is 0 Å². The number of rotatable bonds is 3. The van der Waals surface area contributed by atoms with E-state index in [1.807, 2.05) is 0 Å². The normalized spacial score (nSPS) is 24.1. The standard InChI is InChI=1S/C11H21N3/c1-11(2)4-7-14(8-5-11)6-3-10(13)9-12/h10H,3-8,13H2,1-2H3. The molecule has 0 aromatic carbocycles. The number of hydrogen-bond donors (Lipinski definition) is 1. The second kappa shape index (κ2) is 4.77. The molecule has 0 spiro atoms. The molecule has 1 atom stereocenters. The highest BCUT2D eigenvalue weighted by Crippen LogP contribution is 2.29. The van der Waals surface area contributed by atoms with Crippen molar-refractivity contribution in [2.45, 2.75) is 39.2 Å². The van der Waals surface area contributed by atoms with E-state index in [9.17, 15) is 0 Å². The highest BCUT2D eigenvalue weighted by molar-refractivity contribution is 4.87. The van der Waals surface area contributed by atoms with Crippen LogP contribution in [-0.4, -0.2) is 30.6 Å². The summed E-state index contributed by atoms with van der Waals surface area (Å²) in [5.41, 5.74) is 6.06. The van der Waals surface area contributed by atoms with Gasteiger partial charge in [-0.3, -0.25) is 0 Å². The van der Waals surface area contributed by atoms with Crippen molar-refractivity contribution in [3.05, 3.63) is 0 Å². The van der Waals surface area contributed by atoms with Gasteiger partial charge in [-0.25, -0.2) is 0 Å². The maximum Gasteiger partial charge on any atom is 0.0940 e. The Morgan fingerprint density at radius 1 is 1.43 bits per heavy atom. The van der Waals surface area contributed by atoms with Crippen LogP contribution in [0, 0.1) is 16.7 Å². The predicted molar refractivity (Wildman–Crippen MR) is 57.7 cm³/mol. The van der Waals surface area contributed by atoms with Crippen LogP contribution in [0.3, 0.4) is 0 Å². The third-order valence-corrected chi connectivity index (χ3v) is 3.13. The summed E-state index contributed by atoms with van der Waals surface area (Å²) in [6.45, 7) is 7.94. The van der Waals surface area contributed by atoms with Gasteiger partial charge in [-0.2, -0.15) is 5.26 Å². The minimum atomic E-state index is -0.287. The van der Waals surface area contributed by atoms with Gasteiger partial charge in [0.2, 0.25) is 0 Å². The average Bonchev–Trinajstić information content (AvgIpc) is 2.16. The average molecular weight is 195 g/mol. The molecular formula is C11H21N3. The van der Waals surface area contributed by atoms with Crippen molar-refractivity contribution >= 4 is 0 Å². The van der Waals surface area contributed by atoms with Gasteiger partial charge in [0.05, 0.1) is 12.1 Å². The van der Waals surface area contributed by atoms with Gasteiger partial charge in [-0.1, -0.05) is 13.8 Å². The number of nitrogens with zero attached hydrogens (tertiary/aromatic N) is 2. The summed E-state index contributed by atoms with van der Waals surface area (Å²) in [6, 6.07) is 1.78. The molecular weight excluding hydrogens is 174 g/mol. The quantitative estimate of drug-likeness (QED) is 0.739. The Labute approximate surface area is 86.9 Å². The van der Waals surface area contributed by atoms with E-state index in [1.165, 1.54) is 12.8 Å². The Kier molecular flexibility index (Phi) is 3.91. The molecule has 1 rings (SSSR count). The molecule has 1 aliphatic heterocycles. The molecule has 80 valence electrons. The monoisotopic (exact) mass is 195 g/mol. The van der Waals surface area contributed by atoms with Crippen LogP contribution in [0.1, 0.15) is 33.1 Å². The van der Waals surface area contributed by atoms with Gasteiger partial charge in [-0.15, -0.1) is 0 Å². The number of hydrogen-bond acceptors (Lipinski definition) is 3. The van der Waals surface area contributed by atoms with Crippen molar-refractivity contribution in [2.75, 3.05) is 19.6 Å². The second-order valence-corrected chi connectivity index (χ2v) is 5.03. The lowest BCUT2D eigenvalue weighted by Crippen LogP contribution is -2.39. The minimum absolute atomic E-state index is 0.287.